The van der Waals surface area contributed by atoms with E-state index < -0.39 is 0 Å². The molecule has 15 heavy (non-hydrogen) atoms. The summed E-state index contributed by atoms with van der Waals surface area (Å²) < 4.78 is 0. The molecule has 0 bridgehead atoms. The van der Waals surface area contributed by atoms with E-state index in [1.807, 2.05) is 12.1 Å². The molecule has 1 fully saturated rings. The summed E-state index contributed by atoms with van der Waals surface area (Å²) in [6.45, 7) is 3.75. The van der Waals surface area contributed by atoms with Crippen molar-refractivity contribution in [2.24, 2.45) is 5.92 Å². The molecule has 2 rings (SSSR count). The molecule has 4 nitrogen and oxygen atoms in total. The van der Waals surface area contributed by atoms with Gasteiger partial charge < -0.3 is 15.7 Å². The summed E-state index contributed by atoms with van der Waals surface area (Å²) in [5.41, 5.74) is 6.68. The number of nitrogens with two attached hydrogens (primary N) is 1. The maximum Gasteiger partial charge on any atom is 0.125 e. The Hall–Kier alpha value is -1.29. The molecular formula is C11H17N3O. The van der Waals surface area contributed by atoms with Crippen LogP contribution in [0.4, 0.5) is 11.5 Å². The van der Waals surface area contributed by atoms with Gasteiger partial charge in [-0.2, -0.15) is 0 Å². The summed E-state index contributed by atoms with van der Waals surface area (Å²) in [5.74, 6) is 0.918. The molecule has 1 aromatic rings. The fourth-order valence-corrected chi connectivity index (χ4v) is 1.92. The minimum atomic E-state index is -0.242. The predicted octanol–water partition coefficient (Wildman–Crippen LogP) is 0.871. The number of nitrogens with zero attached hydrogens (tertiary/aromatic N) is 2. The van der Waals surface area contributed by atoms with Crippen molar-refractivity contribution in [2.45, 2.75) is 19.4 Å². The van der Waals surface area contributed by atoms with Gasteiger partial charge in [-0.3, -0.25) is 0 Å². The van der Waals surface area contributed by atoms with Crippen molar-refractivity contribution >= 4 is 11.5 Å². The number of nitrogen functional groups attached to an aromatic ring is 1. The molecule has 0 saturated carbocycles. The molecule has 1 aliphatic rings. The van der Waals surface area contributed by atoms with E-state index in [9.17, 15) is 5.11 Å². The largest absolute Gasteiger partial charge is 0.391 e. The highest BCUT2D eigenvalue weighted by Gasteiger charge is 2.24. The van der Waals surface area contributed by atoms with Crippen LogP contribution in [-0.2, 0) is 0 Å². The van der Waals surface area contributed by atoms with Crippen molar-refractivity contribution < 1.29 is 5.11 Å². The smallest absolute Gasteiger partial charge is 0.125 e. The number of anilines is 2. The molecule has 0 spiro atoms. The van der Waals surface area contributed by atoms with E-state index in [1.54, 1.807) is 6.20 Å². The molecule has 2 atom stereocenters. The van der Waals surface area contributed by atoms with Gasteiger partial charge in [0.05, 0.1) is 6.10 Å². The molecule has 1 aliphatic heterocycles. The van der Waals surface area contributed by atoms with Gasteiger partial charge in [-0.15, -0.1) is 0 Å². The average molecular weight is 207 g/mol. The van der Waals surface area contributed by atoms with Gasteiger partial charge in [-0.25, -0.2) is 4.98 Å². The zero-order chi connectivity index (χ0) is 10.8. The number of aliphatic hydroxyl groups excluding tert-OH is 1. The summed E-state index contributed by atoms with van der Waals surface area (Å²) in [7, 11) is 0. The molecule has 0 aromatic carbocycles. The second kappa shape index (κ2) is 4.06. The lowest BCUT2D eigenvalue weighted by Gasteiger charge is -2.35. The Bertz CT molecular complexity index is 342. The third-order valence-electron chi connectivity index (χ3n) is 3.05. The fraction of sp³-hybridized carbons (Fsp3) is 0.545. The summed E-state index contributed by atoms with van der Waals surface area (Å²) in [4.78, 5) is 6.11. The number of β-amino-alcohol motifs (C(OH)–C–C–N with tert-alkyl or cyclic N) is 1. The van der Waals surface area contributed by atoms with Crippen molar-refractivity contribution in [2.75, 3.05) is 23.7 Å². The van der Waals surface area contributed by atoms with Gasteiger partial charge in [0.1, 0.15) is 5.82 Å². The molecule has 2 unspecified atom stereocenters. The lowest BCUT2D eigenvalue weighted by molar-refractivity contribution is 0.103. The zero-order valence-electron chi connectivity index (χ0n) is 8.93. The molecule has 2 heterocycles. The number of rotatable bonds is 1. The number of hydrogen-bond donors (Lipinski definition) is 2. The number of pyridine rings is 1. The minimum Gasteiger partial charge on any atom is -0.391 e. The van der Waals surface area contributed by atoms with Crippen LogP contribution in [-0.4, -0.2) is 29.3 Å². The Morgan fingerprint density at radius 1 is 1.60 bits per heavy atom. The molecular weight excluding hydrogens is 190 g/mol. The predicted molar refractivity (Wildman–Crippen MR) is 60.7 cm³/mol. The first-order valence-electron chi connectivity index (χ1n) is 5.31. The van der Waals surface area contributed by atoms with Crippen LogP contribution in [0, 0.1) is 5.92 Å². The van der Waals surface area contributed by atoms with E-state index in [1.165, 1.54) is 0 Å². The highest BCUT2D eigenvalue weighted by Crippen LogP contribution is 2.23. The Morgan fingerprint density at radius 3 is 3.07 bits per heavy atom. The second-order valence-electron chi connectivity index (χ2n) is 4.22. The van der Waals surface area contributed by atoms with E-state index in [2.05, 4.69) is 16.8 Å². The van der Waals surface area contributed by atoms with E-state index >= 15 is 0 Å². The normalized spacial score (nSPS) is 26.7. The molecule has 0 amide bonds. The zero-order valence-corrected chi connectivity index (χ0v) is 8.93. The van der Waals surface area contributed by atoms with Crippen molar-refractivity contribution in [1.29, 1.82) is 0 Å². The van der Waals surface area contributed by atoms with Crippen molar-refractivity contribution in [3.63, 3.8) is 0 Å². The van der Waals surface area contributed by atoms with E-state index in [4.69, 9.17) is 5.73 Å². The lowest BCUT2D eigenvalue weighted by Crippen LogP contribution is -2.42. The molecule has 3 N–H and O–H groups in total. The van der Waals surface area contributed by atoms with Crippen LogP contribution in [0.2, 0.25) is 0 Å². The van der Waals surface area contributed by atoms with Gasteiger partial charge in [0, 0.05) is 31.0 Å². The number of hydrogen-bond acceptors (Lipinski definition) is 4. The summed E-state index contributed by atoms with van der Waals surface area (Å²) >= 11 is 0. The van der Waals surface area contributed by atoms with Gasteiger partial charge in [-0.1, -0.05) is 6.92 Å². The van der Waals surface area contributed by atoms with Crippen LogP contribution in [0.3, 0.4) is 0 Å². The molecule has 1 aromatic heterocycles. The van der Waals surface area contributed by atoms with E-state index in [0.29, 0.717) is 18.3 Å². The summed E-state index contributed by atoms with van der Waals surface area (Å²) in [6, 6.07) is 3.78. The van der Waals surface area contributed by atoms with E-state index in [-0.39, 0.29) is 6.10 Å². The first kappa shape index (κ1) is 10.2. The number of aromatic nitrogens is 1. The lowest BCUT2D eigenvalue weighted by atomic mass is 9.96. The topological polar surface area (TPSA) is 62.4 Å². The van der Waals surface area contributed by atoms with Crippen LogP contribution in [0.25, 0.3) is 0 Å². The highest BCUT2D eigenvalue weighted by atomic mass is 16.3. The third kappa shape index (κ3) is 2.21. The van der Waals surface area contributed by atoms with Gasteiger partial charge in [-0.05, 0) is 18.4 Å². The van der Waals surface area contributed by atoms with Crippen LogP contribution in [0.15, 0.2) is 18.3 Å². The Kier molecular flexibility index (Phi) is 2.77. The SMILES string of the molecule is CC1CCN(c2ccnc(N)c2)CC1O. The molecule has 4 heteroatoms. The van der Waals surface area contributed by atoms with Crippen LogP contribution >= 0.6 is 0 Å². The first-order chi connectivity index (χ1) is 7.16. The standard InChI is InChI=1S/C11H17N3O/c1-8-3-5-14(7-10(8)15)9-2-4-13-11(12)6-9/h2,4,6,8,10,15H,3,5,7H2,1H3,(H2,12,13). The third-order valence-corrected chi connectivity index (χ3v) is 3.05. The molecule has 1 saturated heterocycles. The van der Waals surface area contributed by atoms with Gasteiger partial charge >= 0.3 is 0 Å². The number of piperidine rings is 1. The highest BCUT2D eigenvalue weighted by molar-refractivity contribution is 5.52. The maximum absolute atomic E-state index is 9.79. The average Bonchev–Trinajstić information content (AvgIpc) is 2.22. The van der Waals surface area contributed by atoms with Crippen molar-refractivity contribution in [3.8, 4) is 0 Å². The molecule has 0 aliphatic carbocycles. The fourth-order valence-electron chi connectivity index (χ4n) is 1.92. The summed E-state index contributed by atoms with van der Waals surface area (Å²) in [6.07, 6.45) is 2.48. The van der Waals surface area contributed by atoms with Gasteiger partial charge in [0.2, 0.25) is 0 Å². The van der Waals surface area contributed by atoms with Crippen LogP contribution < -0.4 is 10.6 Å². The van der Waals surface area contributed by atoms with Gasteiger partial charge in [0.25, 0.3) is 0 Å². The molecule has 0 radical (unpaired) electrons. The van der Waals surface area contributed by atoms with E-state index in [0.717, 1.165) is 18.7 Å². The monoisotopic (exact) mass is 207 g/mol. The van der Waals surface area contributed by atoms with Gasteiger partial charge in [0.15, 0.2) is 0 Å². The first-order valence-corrected chi connectivity index (χ1v) is 5.31. The quantitative estimate of drug-likeness (QED) is 0.717. The van der Waals surface area contributed by atoms with Crippen LogP contribution in [0.5, 0.6) is 0 Å². The second-order valence-corrected chi connectivity index (χ2v) is 4.22. The van der Waals surface area contributed by atoms with Crippen molar-refractivity contribution in [1.82, 2.24) is 4.98 Å². The van der Waals surface area contributed by atoms with Crippen molar-refractivity contribution in [3.05, 3.63) is 18.3 Å². The van der Waals surface area contributed by atoms with Crippen LogP contribution in [0.1, 0.15) is 13.3 Å². The molecule has 82 valence electrons. The summed E-state index contributed by atoms with van der Waals surface area (Å²) in [5, 5.41) is 9.79. The minimum absolute atomic E-state index is 0.242. The Morgan fingerprint density at radius 2 is 2.40 bits per heavy atom. The maximum atomic E-state index is 9.79. The Balaban J connectivity index is 2.12. The Labute approximate surface area is 89.7 Å². The number of aliphatic hydroxyl groups is 1.